The normalized spacial score (nSPS) is 17.4. The van der Waals surface area contributed by atoms with Gasteiger partial charge in [-0.25, -0.2) is 9.79 Å². The summed E-state index contributed by atoms with van der Waals surface area (Å²) in [6.45, 7) is 3.53. The van der Waals surface area contributed by atoms with Crippen LogP contribution < -0.4 is 15.4 Å². The number of allylic oxidation sites excluding steroid dienone is 1. The number of urea groups is 1. The average Bonchev–Trinajstić information content (AvgIpc) is 2.69. The van der Waals surface area contributed by atoms with E-state index in [1.165, 1.54) is 17.0 Å². The zero-order valence-corrected chi connectivity index (χ0v) is 17.0. The van der Waals surface area contributed by atoms with Gasteiger partial charge in [-0.15, -0.1) is 13.2 Å². The summed E-state index contributed by atoms with van der Waals surface area (Å²) in [6, 6.07) is 3.94. The van der Waals surface area contributed by atoms with Gasteiger partial charge in [0.1, 0.15) is 12.3 Å². The molecule has 3 rings (SSSR count). The summed E-state index contributed by atoms with van der Waals surface area (Å²) in [5, 5.41) is 5.52. The quantitative estimate of drug-likeness (QED) is 0.711. The monoisotopic (exact) mass is 440 g/mol. The smallest absolute Gasteiger partial charge is 0.406 e. The van der Waals surface area contributed by atoms with Crippen molar-refractivity contribution in [2.45, 2.75) is 45.2 Å². The zero-order chi connectivity index (χ0) is 22.6. The summed E-state index contributed by atoms with van der Waals surface area (Å²) in [7, 11) is 0. The van der Waals surface area contributed by atoms with E-state index >= 15 is 0 Å². The fourth-order valence-electron chi connectivity index (χ4n) is 3.13. The van der Waals surface area contributed by atoms with E-state index in [1.807, 2.05) is 13.8 Å². The van der Waals surface area contributed by atoms with E-state index in [1.54, 1.807) is 6.21 Å². The van der Waals surface area contributed by atoms with Gasteiger partial charge in [-0.05, 0) is 44.4 Å². The molecular weight excluding hydrogens is 417 g/mol. The topological polar surface area (TPSA) is 92.3 Å². The van der Waals surface area contributed by atoms with Gasteiger partial charge in [0.05, 0.1) is 24.4 Å². The number of ether oxygens (including phenoxy) is 2. The maximum absolute atomic E-state index is 13.0. The van der Waals surface area contributed by atoms with Crippen LogP contribution in [0.25, 0.3) is 0 Å². The van der Waals surface area contributed by atoms with Crippen LogP contribution >= 0.6 is 0 Å². The Morgan fingerprint density at radius 1 is 1.29 bits per heavy atom. The molecule has 2 aliphatic heterocycles. The van der Waals surface area contributed by atoms with Crippen molar-refractivity contribution in [1.29, 1.82) is 0 Å². The van der Waals surface area contributed by atoms with Crippen molar-refractivity contribution in [2.75, 3.05) is 13.2 Å². The van der Waals surface area contributed by atoms with Crippen LogP contribution in [0.2, 0.25) is 0 Å². The van der Waals surface area contributed by atoms with Gasteiger partial charge in [-0.1, -0.05) is 12.1 Å². The largest absolute Gasteiger partial charge is 0.573 e. The number of nitrogens with one attached hydrogen (secondary N) is 2. The minimum absolute atomic E-state index is 0.0814. The van der Waals surface area contributed by atoms with Crippen molar-refractivity contribution in [2.24, 2.45) is 4.99 Å². The molecule has 0 aromatic heterocycles. The summed E-state index contributed by atoms with van der Waals surface area (Å²) in [6.07, 6.45) is -2.03. The molecule has 0 saturated heterocycles. The highest BCUT2D eigenvalue weighted by Gasteiger charge is 2.32. The van der Waals surface area contributed by atoms with Crippen LogP contribution in [-0.4, -0.2) is 48.7 Å². The second kappa shape index (κ2) is 9.38. The number of rotatable bonds is 6. The molecule has 1 atom stereocenters. The summed E-state index contributed by atoms with van der Waals surface area (Å²) in [4.78, 5) is 30.5. The van der Waals surface area contributed by atoms with E-state index in [2.05, 4.69) is 20.4 Å². The van der Waals surface area contributed by atoms with Gasteiger partial charge >= 0.3 is 12.4 Å². The summed E-state index contributed by atoms with van der Waals surface area (Å²) < 4.78 is 46.7. The second-order valence-electron chi connectivity index (χ2n) is 7.29. The van der Waals surface area contributed by atoms with E-state index in [0.717, 1.165) is 12.1 Å². The van der Waals surface area contributed by atoms with Crippen molar-refractivity contribution >= 4 is 18.2 Å². The predicted octanol–water partition coefficient (Wildman–Crippen LogP) is 3.23. The first-order valence-corrected chi connectivity index (χ1v) is 9.73. The molecule has 0 saturated carbocycles. The number of halogens is 3. The van der Waals surface area contributed by atoms with Crippen LogP contribution in [0.4, 0.5) is 18.0 Å². The Morgan fingerprint density at radius 2 is 2.00 bits per heavy atom. The molecule has 168 valence electrons. The Hall–Kier alpha value is -3.08. The lowest BCUT2D eigenvalue weighted by molar-refractivity contribution is -0.274. The molecule has 2 heterocycles. The number of alkyl halides is 3. The number of nitrogens with zero attached hydrogens (tertiary/aromatic N) is 2. The van der Waals surface area contributed by atoms with Crippen molar-refractivity contribution in [3.05, 3.63) is 41.3 Å². The number of amides is 3. The van der Waals surface area contributed by atoms with Crippen molar-refractivity contribution in [3.63, 3.8) is 0 Å². The number of hydrogen-bond acceptors (Lipinski definition) is 5. The minimum atomic E-state index is -4.79. The van der Waals surface area contributed by atoms with Crippen LogP contribution in [0.15, 0.2) is 40.8 Å². The third kappa shape index (κ3) is 6.20. The lowest BCUT2D eigenvalue weighted by Gasteiger charge is -2.32. The number of carbonyl (C=O) groups is 2. The Labute approximate surface area is 177 Å². The third-order valence-corrected chi connectivity index (χ3v) is 4.51. The summed E-state index contributed by atoms with van der Waals surface area (Å²) in [5.41, 5.74) is 1.10. The fourth-order valence-corrected chi connectivity index (χ4v) is 3.13. The molecular formula is C20H23F3N4O4. The molecule has 0 spiro atoms. The fraction of sp³-hybridized carbons (Fsp3) is 0.450. The first-order valence-electron chi connectivity index (χ1n) is 9.73. The Morgan fingerprint density at radius 3 is 2.65 bits per heavy atom. The minimum Gasteiger partial charge on any atom is -0.406 e. The Bertz CT molecular complexity index is 881. The molecule has 2 N–H and O–H groups in total. The SMILES string of the molecule is CC(C)OCC(NC(=O)N1CC(=O)NC2=C1N=CCC2)c1ccc(OC(F)(F)F)cc1. The van der Waals surface area contributed by atoms with Gasteiger partial charge in [0.15, 0.2) is 5.82 Å². The average molecular weight is 440 g/mol. The van der Waals surface area contributed by atoms with E-state index in [0.29, 0.717) is 29.9 Å². The molecule has 31 heavy (non-hydrogen) atoms. The lowest BCUT2D eigenvalue weighted by atomic mass is 10.1. The molecule has 3 amide bonds. The summed E-state index contributed by atoms with van der Waals surface area (Å²) in [5.74, 6) is -0.319. The highest BCUT2D eigenvalue weighted by molar-refractivity contribution is 5.89. The molecule has 1 aromatic carbocycles. The molecule has 1 aromatic rings. The van der Waals surface area contributed by atoms with Gasteiger partial charge < -0.3 is 20.1 Å². The van der Waals surface area contributed by atoms with Gasteiger partial charge in [-0.3, -0.25) is 9.69 Å². The van der Waals surface area contributed by atoms with Crippen molar-refractivity contribution < 1.29 is 32.2 Å². The lowest BCUT2D eigenvalue weighted by Crippen LogP contribution is -2.50. The number of carbonyl (C=O) groups excluding carboxylic acids is 2. The van der Waals surface area contributed by atoms with Gasteiger partial charge in [0, 0.05) is 6.21 Å². The van der Waals surface area contributed by atoms with Crippen LogP contribution in [0, 0.1) is 0 Å². The highest BCUT2D eigenvalue weighted by Crippen LogP contribution is 2.26. The van der Waals surface area contributed by atoms with Crippen LogP contribution in [0.1, 0.15) is 38.3 Å². The first kappa shape index (κ1) is 22.6. The standard InChI is InChI=1S/C20H23F3N4O4/c1-12(2)30-11-16(13-5-7-14(8-6-13)31-20(21,22)23)26-19(29)27-10-17(28)25-15-4-3-9-24-18(15)27/h5-9,12,16H,3-4,10-11H2,1-2H3,(H,25,28)(H,26,29). The second-order valence-corrected chi connectivity index (χ2v) is 7.29. The van der Waals surface area contributed by atoms with Gasteiger partial charge in [-0.2, -0.15) is 0 Å². The highest BCUT2D eigenvalue weighted by atomic mass is 19.4. The third-order valence-electron chi connectivity index (χ3n) is 4.51. The number of hydrogen-bond donors (Lipinski definition) is 2. The molecule has 0 aliphatic carbocycles. The molecule has 0 fully saturated rings. The summed E-state index contributed by atoms with van der Waals surface area (Å²) >= 11 is 0. The predicted molar refractivity (Wildman–Crippen MR) is 105 cm³/mol. The molecule has 8 nitrogen and oxygen atoms in total. The molecule has 0 radical (unpaired) electrons. The van der Waals surface area contributed by atoms with E-state index in [4.69, 9.17) is 4.74 Å². The van der Waals surface area contributed by atoms with Crippen molar-refractivity contribution in [1.82, 2.24) is 15.5 Å². The maximum atomic E-state index is 13.0. The molecule has 0 bridgehead atoms. The van der Waals surface area contributed by atoms with Crippen LogP contribution in [-0.2, 0) is 9.53 Å². The molecule has 2 aliphatic rings. The van der Waals surface area contributed by atoms with Gasteiger partial charge in [0.25, 0.3) is 0 Å². The van der Waals surface area contributed by atoms with E-state index < -0.39 is 18.4 Å². The van der Waals surface area contributed by atoms with Gasteiger partial charge in [0.2, 0.25) is 5.91 Å². The zero-order valence-electron chi connectivity index (χ0n) is 17.0. The molecule has 11 heteroatoms. The first-order chi connectivity index (χ1) is 14.6. The maximum Gasteiger partial charge on any atom is 0.573 e. The van der Waals surface area contributed by atoms with Crippen LogP contribution in [0.5, 0.6) is 5.75 Å². The molecule has 1 unspecified atom stereocenters. The Balaban J connectivity index is 1.78. The number of benzene rings is 1. The number of aliphatic imine (C=N–C) groups is 1. The van der Waals surface area contributed by atoms with E-state index in [9.17, 15) is 22.8 Å². The van der Waals surface area contributed by atoms with Crippen molar-refractivity contribution in [3.8, 4) is 5.75 Å². The van der Waals surface area contributed by atoms with E-state index in [-0.39, 0.29) is 30.9 Å². The van der Waals surface area contributed by atoms with Crippen LogP contribution in [0.3, 0.4) is 0 Å². The Kier molecular flexibility index (Phi) is 6.84.